The summed E-state index contributed by atoms with van der Waals surface area (Å²) in [4.78, 5) is 0. The van der Waals surface area contributed by atoms with Crippen LogP contribution in [0.3, 0.4) is 0 Å². The molecule has 4 nitrogen and oxygen atoms in total. The standard InChI is InChI=1S/C19H22O4/c20-17-11-12-19(22-16-9-5-2-6-10-16)23-18(17)14-21-13-15-7-3-1-4-8-15/h1-10,17-20H,11-14H2/t17-,18-,19-/m1/s1. The zero-order valence-corrected chi connectivity index (χ0v) is 13.0. The highest BCUT2D eigenvalue weighted by atomic mass is 16.7. The van der Waals surface area contributed by atoms with Crippen LogP contribution in [0.1, 0.15) is 18.4 Å². The lowest BCUT2D eigenvalue weighted by molar-refractivity contribution is -0.202. The van der Waals surface area contributed by atoms with Gasteiger partial charge in [0.25, 0.3) is 0 Å². The van der Waals surface area contributed by atoms with Crippen LogP contribution in [-0.4, -0.2) is 30.2 Å². The molecule has 0 unspecified atom stereocenters. The molecular formula is C19H22O4. The van der Waals surface area contributed by atoms with E-state index in [1.807, 2.05) is 60.7 Å². The zero-order chi connectivity index (χ0) is 15.9. The first kappa shape index (κ1) is 16.0. The second kappa shape index (κ2) is 8.11. The van der Waals surface area contributed by atoms with Crippen molar-refractivity contribution in [1.82, 2.24) is 0 Å². The number of para-hydroxylation sites is 1. The van der Waals surface area contributed by atoms with E-state index in [-0.39, 0.29) is 12.4 Å². The molecule has 122 valence electrons. The van der Waals surface area contributed by atoms with Gasteiger partial charge in [0, 0.05) is 6.42 Å². The van der Waals surface area contributed by atoms with Crippen LogP contribution >= 0.6 is 0 Å². The molecule has 1 aliphatic heterocycles. The molecule has 2 aromatic carbocycles. The summed E-state index contributed by atoms with van der Waals surface area (Å²) in [7, 11) is 0. The molecular weight excluding hydrogens is 292 g/mol. The summed E-state index contributed by atoms with van der Waals surface area (Å²) in [5.41, 5.74) is 1.11. The fourth-order valence-electron chi connectivity index (χ4n) is 2.60. The van der Waals surface area contributed by atoms with Crippen molar-refractivity contribution in [3.63, 3.8) is 0 Å². The molecule has 3 atom stereocenters. The van der Waals surface area contributed by atoms with Crippen molar-refractivity contribution in [2.75, 3.05) is 6.61 Å². The number of aliphatic hydroxyl groups is 1. The largest absolute Gasteiger partial charge is 0.465 e. The van der Waals surface area contributed by atoms with Gasteiger partial charge in [0.15, 0.2) is 6.29 Å². The van der Waals surface area contributed by atoms with Gasteiger partial charge in [0.1, 0.15) is 11.9 Å². The van der Waals surface area contributed by atoms with E-state index in [9.17, 15) is 5.11 Å². The quantitative estimate of drug-likeness (QED) is 0.890. The van der Waals surface area contributed by atoms with Gasteiger partial charge in [-0.25, -0.2) is 0 Å². The lowest BCUT2D eigenvalue weighted by atomic mass is 10.1. The summed E-state index contributed by atoms with van der Waals surface area (Å²) in [6, 6.07) is 19.6. The summed E-state index contributed by atoms with van der Waals surface area (Å²) < 4.78 is 17.3. The normalized spacial score (nSPS) is 24.3. The van der Waals surface area contributed by atoms with Crippen molar-refractivity contribution in [2.24, 2.45) is 0 Å². The Kier molecular flexibility index (Phi) is 5.64. The van der Waals surface area contributed by atoms with Gasteiger partial charge >= 0.3 is 0 Å². The summed E-state index contributed by atoms with van der Waals surface area (Å²) in [6.07, 6.45) is 0.107. The molecule has 4 heteroatoms. The third-order valence-corrected chi connectivity index (χ3v) is 3.86. The smallest absolute Gasteiger partial charge is 0.200 e. The van der Waals surface area contributed by atoms with Crippen molar-refractivity contribution in [2.45, 2.75) is 37.9 Å². The topological polar surface area (TPSA) is 47.9 Å². The first-order chi connectivity index (χ1) is 11.3. The molecule has 0 saturated carbocycles. The van der Waals surface area contributed by atoms with Gasteiger partial charge in [0.05, 0.1) is 19.3 Å². The third kappa shape index (κ3) is 4.79. The predicted octanol–water partition coefficient (Wildman–Crippen LogP) is 3.15. The Labute approximate surface area is 136 Å². The van der Waals surface area contributed by atoms with E-state index in [1.165, 1.54) is 0 Å². The Bertz CT molecular complexity index is 572. The predicted molar refractivity (Wildman–Crippen MR) is 87.1 cm³/mol. The van der Waals surface area contributed by atoms with Crippen LogP contribution in [0.2, 0.25) is 0 Å². The zero-order valence-electron chi connectivity index (χ0n) is 13.0. The van der Waals surface area contributed by atoms with Crippen LogP contribution in [0, 0.1) is 0 Å². The number of hydrogen-bond acceptors (Lipinski definition) is 4. The molecule has 2 aromatic rings. The maximum Gasteiger partial charge on any atom is 0.200 e. The summed E-state index contributed by atoms with van der Waals surface area (Å²) in [5, 5.41) is 10.1. The third-order valence-electron chi connectivity index (χ3n) is 3.86. The minimum absolute atomic E-state index is 0.342. The Hall–Kier alpha value is -1.88. The lowest BCUT2D eigenvalue weighted by Gasteiger charge is -2.33. The minimum Gasteiger partial charge on any atom is -0.465 e. The lowest BCUT2D eigenvalue weighted by Crippen LogP contribution is -2.43. The molecule has 0 aliphatic carbocycles. The Morgan fingerprint density at radius 1 is 0.957 bits per heavy atom. The van der Waals surface area contributed by atoms with Gasteiger partial charge in [-0.05, 0) is 24.1 Å². The number of rotatable bonds is 6. The van der Waals surface area contributed by atoms with Crippen LogP contribution < -0.4 is 4.74 Å². The van der Waals surface area contributed by atoms with Crippen LogP contribution in [-0.2, 0) is 16.1 Å². The van der Waals surface area contributed by atoms with Crippen LogP contribution in [0.4, 0.5) is 0 Å². The van der Waals surface area contributed by atoms with E-state index >= 15 is 0 Å². The van der Waals surface area contributed by atoms with Crippen molar-refractivity contribution < 1.29 is 19.3 Å². The first-order valence-electron chi connectivity index (χ1n) is 7.98. The summed E-state index contributed by atoms with van der Waals surface area (Å²) in [5.74, 6) is 0.776. The average Bonchev–Trinajstić information content (AvgIpc) is 2.59. The van der Waals surface area contributed by atoms with E-state index in [0.717, 1.165) is 11.3 Å². The highest BCUT2D eigenvalue weighted by molar-refractivity contribution is 5.21. The maximum atomic E-state index is 10.1. The summed E-state index contributed by atoms with van der Waals surface area (Å²) >= 11 is 0. The van der Waals surface area contributed by atoms with Gasteiger partial charge in [-0.1, -0.05) is 48.5 Å². The molecule has 1 saturated heterocycles. The second-order valence-electron chi connectivity index (χ2n) is 5.68. The van der Waals surface area contributed by atoms with Gasteiger partial charge in [-0.15, -0.1) is 0 Å². The number of ether oxygens (including phenoxy) is 3. The van der Waals surface area contributed by atoms with E-state index in [2.05, 4.69) is 0 Å². The SMILES string of the molecule is O[C@@H]1CC[C@H](Oc2ccccc2)O[C@@H]1COCc1ccccc1. The Morgan fingerprint density at radius 3 is 2.39 bits per heavy atom. The molecule has 1 aliphatic rings. The molecule has 1 N–H and O–H groups in total. The molecule has 0 amide bonds. The molecule has 3 rings (SSSR count). The molecule has 0 bridgehead atoms. The van der Waals surface area contributed by atoms with Gasteiger partial charge < -0.3 is 19.3 Å². The molecule has 1 heterocycles. The molecule has 0 spiro atoms. The fourth-order valence-corrected chi connectivity index (χ4v) is 2.60. The number of benzene rings is 2. The van der Waals surface area contributed by atoms with Crippen LogP contribution in [0.25, 0.3) is 0 Å². The molecule has 1 fully saturated rings. The van der Waals surface area contributed by atoms with Crippen molar-refractivity contribution in [3.8, 4) is 5.75 Å². The molecule has 0 aromatic heterocycles. The minimum atomic E-state index is -0.513. The molecule has 23 heavy (non-hydrogen) atoms. The maximum absolute atomic E-state index is 10.1. The van der Waals surface area contributed by atoms with E-state index in [4.69, 9.17) is 14.2 Å². The number of hydrogen-bond donors (Lipinski definition) is 1. The van der Waals surface area contributed by atoms with E-state index in [0.29, 0.717) is 26.1 Å². The van der Waals surface area contributed by atoms with E-state index < -0.39 is 6.10 Å². The van der Waals surface area contributed by atoms with Crippen molar-refractivity contribution in [1.29, 1.82) is 0 Å². The van der Waals surface area contributed by atoms with Gasteiger partial charge in [-0.2, -0.15) is 0 Å². The highest BCUT2D eigenvalue weighted by Gasteiger charge is 2.31. The van der Waals surface area contributed by atoms with Gasteiger partial charge in [-0.3, -0.25) is 0 Å². The average molecular weight is 314 g/mol. The Morgan fingerprint density at radius 2 is 1.65 bits per heavy atom. The van der Waals surface area contributed by atoms with Crippen molar-refractivity contribution >= 4 is 0 Å². The molecule has 0 radical (unpaired) electrons. The highest BCUT2D eigenvalue weighted by Crippen LogP contribution is 2.23. The number of aliphatic hydroxyl groups excluding tert-OH is 1. The first-order valence-corrected chi connectivity index (χ1v) is 7.98. The second-order valence-corrected chi connectivity index (χ2v) is 5.68. The van der Waals surface area contributed by atoms with Crippen LogP contribution in [0.5, 0.6) is 5.75 Å². The Balaban J connectivity index is 1.48. The van der Waals surface area contributed by atoms with Crippen molar-refractivity contribution in [3.05, 3.63) is 66.2 Å². The van der Waals surface area contributed by atoms with Crippen LogP contribution in [0.15, 0.2) is 60.7 Å². The fraction of sp³-hybridized carbons (Fsp3) is 0.368. The van der Waals surface area contributed by atoms with E-state index in [1.54, 1.807) is 0 Å². The summed E-state index contributed by atoms with van der Waals surface area (Å²) in [6.45, 7) is 0.863. The van der Waals surface area contributed by atoms with Gasteiger partial charge in [0.2, 0.25) is 0 Å². The monoisotopic (exact) mass is 314 g/mol.